The number of carbonyl (C=O) groups excluding carboxylic acids is 1. The molecule has 178 valence electrons. The van der Waals surface area contributed by atoms with E-state index in [1.54, 1.807) is 38.5 Å². The van der Waals surface area contributed by atoms with Gasteiger partial charge in [-0.2, -0.15) is 5.10 Å². The Labute approximate surface area is 212 Å². The first-order valence-corrected chi connectivity index (χ1v) is 11.3. The van der Waals surface area contributed by atoms with Crippen LogP contribution in [0.2, 0.25) is 10.2 Å². The molecule has 3 aromatic heterocycles. The van der Waals surface area contributed by atoms with Gasteiger partial charge in [0.1, 0.15) is 5.75 Å². The van der Waals surface area contributed by atoms with Gasteiger partial charge in [-0.15, -0.1) is 12.4 Å². The number of rotatable bonds is 5. The Hall–Kier alpha value is -2.58. The molecular weight excluding hydrogens is 499 g/mol. The molecule has 0 bridgehead atoms. The highest BCUT2D eigenvalue weighted by Crippen LogP contribution is 2.34. The molecule has 0 saturated carbocycles. The Balaban J connectivity index is 0.00000274. The normalized spacial score (nSPS) is 15.5. The third kappa shape index (κ3) is 4.66. The standard InChI is InChI=1S/C24H22Cl2N4O3.ClH/c1-24(2,32)12-30-10-18(16-8-27-19(7-20(16)30)17-9-28-29-23(17)26)22(31)14-5-13-6-15(25)3-4-21(13)33-11-14;/h3-4,6-10,14,32H,5,11-12H2,1-2H3,(H,28,29);1H. The Bertz CT molecular complexity index is 1370. The van der Waals surface area contributed by atoms with Gasteiger partial charge in [0.15, 0.2) is 10.9 Å². The molecule has 4 heterocycles. The lowest BCUT2D eigenvalue weighted by Crippen LogP contribution is -2.28. The number of aliphatic hydroxyl groups is 1. The van der Waals surface area contributed by atoms with Crippen molar-refractivity contribution in [1.29, 1.82) is 0 Å². The van der Waals surface area contributed by atoms with Crippen molar-refractivity contribution in [3.63, 3.8) is 0 Å². The third-order valence-corrected chi connectivity index (χ3v) is 6.28. The van der Waals surface area contributed by atoms with Crippen LogP contribution < -0.4 is 4.74 Å². The van der Waals surface area contributed by atoms with E-state index in [-0.39, 0.29) is 24.1 Å². The minimum atomic E-state index is -0.980. The molecule has 7 nitrogen and oxygen atoms in total. The maximum absolute atomic E-state index is 13.6. The Kier molecular flexibility index (Phi) is 6.66. The highest BCUT2D eigenvalue weighted by atomic mass is 35.5. The van der Waals surface area contributed by atoms with E-state index < -0.39 is 5.60 Å². The number of nitrogens with one attached hydrogen (secondary N) is 1. The molecule has 10 heteroatoms. The van der Waals surface area contributed by atoms with Crippen molar-refractivity contribution < 1.29 is 14.6 Å². The van der Waals surface area contributed by atoms with Crippen molar-refractivity contribution in [1.82, 2.24) is 19.7 Å². The van der Waals surface area contributed by atoms with Crippen LogP contribution in [0.3, 0.4) is 0 Å². The van der Waals surface area contributed by atoms with Crippen molar-refractivity contribution in [2.45, 2.75) is 32.4 Å². The van der Waals surface area contributed by atoms with Crippen LogP contribution >= 0.6 is 35.6 Å². The van der Waals surface area contributed by atoms with Gasteiger partial charge < -0.3 is 14.4 Å². The number of benzene rings is 1. The van der Waals surface area contributed by atoms with Gasteiger partial charge >= 0.3 is 0 Å². The van der Waals surface area contributed by atoms with Crippen molar-refractivity contribution >= 4 is 52.3 Å². The SMILES string of the molecule is CC(C)(O)Cn1cc(C(=O)C2COc3ccc(Cl)cc3C2)c2cnc(-c3c[nH]nc3Cl)cc21.Cl. The fourth-order valence-corrected chi connectivity index (χ4v) is 4.68. The van der Waals surface area contributed by atoms with Crippen molar-refractivity contribution in [3.8, 4) is 17.0 Å². The van der Waals surface area contributed by atoms with E-state index in [9.17, 15) is 9.90 Å². The molecule has 0 aliphatic carbocycles. The van der Waals surface area contributed by atoms with Gasteiger partial charge in [0.05, 0.1) is 41.4 Å². The number of aromatic amines is 1. The van der Waals surface area contributed by atoms with Gasteiger partial charge in [0.2, 0.25) is 0 Å². The number of halogens is 3. The van der Waals surface area contributed by atoms with E-state index in [2.05, 4.69) is 15.2 Å². The molecule has 1 atom stereocenters. The molecule has 1 unspecified atom stereocenters. The highest BCUT2D eigenvalue weighted by molar-refractivity contribution is 6.32. The summed E-state index contributed by atoms with van der Waals surface area (Å²) in [6.45, 7) is 4.05. The van der Waals surface area contributed by atoms with Crippen molar-refractivity contribution in [3.05, 3.63) is 64.2 Å². The first-order valence-electron chi connectivity index (χ1n) is 10.6. The second-order valence-electron chi connectivity index (χ2n) is 8.99. The average Bonchev–Trinajstić information content (AvgIpc) is 3.34. The van der Waals surface area contributed by atoms with Crippen LogP contribution in [0.25, 0.3) is 22.2 Å². The summed E-state index contributed by atoms with van der Waals surface area (Å²) >= 11 is 12.3. The number of ether oxygens (including phenoxy) is 1. The van der Waals surface area contributed by atoms with E-state index in [0.29, 0.717) is 52.0 Å². The number of pyridine rings is 1. The maximum Gasteiger partial charge on any atom is 0.171 e. The predicted molar refractivity (Wildman–Crippen MR) is 134 cm³/mol. The van der Waals surface area contributed by atoms with Gasteiger partial charge in [-0.1, -0.05) is 23.2 Å². The molecule has 0 saturated heterocycles. The van der Waals surface area contributed by atoms with E-state index in [0.717, 1.165) is 16.8 Å². The first kappa shape index (κ1) is 24.5. The van der Waals surface area contributed by atoms with Gasteiger partial charge in [0, 0.05) is 34.6 Å². The van der Waals surface area contributed by atoms with Crippen molar-refractivity contribution in [2.75, 3.05) is 6.61 Å². The maximum atomic E-state index is 13.6. The number of hydrogen-bond donors (Lipinski definition) is 2. The van der Waals surface area contributed by atoms with E-state index in [4.69, 9.17) is 27.9 Å². The van der Waals surface area contributed by atoms with Crippen LogP contribution in [-0.4, -0.2) is 42.8 Å². The molecule has 0 fully saturated rings. The topological polar surface area (TPSA) is 93.0 Å². The molecule has 1 aromatic carbocycles. The zero-order valence-electron chi connectivity index (χ0n) is 18.5. The van der Waals surface area contributed by atoms with Crippen LogP contribution in [0.5, 0.6) is 5.75 Å². The molecule has 0 amide bonds. The molecule has 5 rings (SSSR count). The van der Waals surface area contributed by atoms with Crippen LogP contribution in [0.15, 0.2) is 42.9 Å². The van der Waals surface area contributed by atoms with E-state index in [1.807, 2.05) is 22.8 Å². The molecule has 0 radical (unpaired) electrons. The number of H-pyrrole nitrogens is 1. The number of aromatic nitrogens is 4. The average molecular weight is 522 g/mol. The Morgan fingerprint density at radius 3 is 2.82 bits per heavy atom. The quantitative estimate of drug-likeness (QED) is 0.345. The minimum absolute atomic E-state index is 0. The molecule has 1 aliphatic heterocycles. The first-order chi connectivity index (χ1) is 15.7. The third-order valence-electron chi connectivity index (χ3n) is 5.76. The number of ketones is 1. The lowest BCUT2D eigenvalue weighted by Gasteiger charge is -2.24. The van der Waals surface area contributed by atoms with Gasteiger partial charge in [-0.05, 0) is 50.1 Å². The number of hydrogen-bond acceptors (Lipinski definition) is 5. The molecule has 0 spiro atoms. The zero-order chi connectivity index (χ0) is 23.3. The monoisotopic (exact) mass is 520 g/mol. The summed E-state index contributed by atoms with van der Waals surface area (Å²) < 4.78 is 7.73. The lowest BCUT2D eigenvalue weighted by atomic mass is 9.90. The summed E-state index contributed by atoms with van der Waals surface area (Å²) in [5.74, 6) is 0.382. The summed E-state index contributed by atoms with van der Waals surface area (Å²) in [7, 11) is 0. The second kappa shape index (κ2) is 9.23. The molecule has 4 aromatic rings. The Morgan fingerprint density at radius 1 is 1.32 bits per heavy atom. The lowest BCUT2D eigenvalue weighted by molar-refractivity contribution is 0.0626. The number of carbonyl (C=O) groups is 1. The molecule has 34 heavy (non-hydrogen) atoms. The smallest absolute Gasteiger partial charge is 0.171 e. The molecule has 2 N–H and O–H groups in total. The van der Waals surface area contributed by atoms with Crippen LogP contribution in [0.4, 0.5) is 0 Å². The molecule has 1 aliphatic rings. The second-order valence-corrected chi connectivity index (χ2v) is 9.78. The number of fused-ring (bicyclic) bond motifs is 2. The number of Topliss-reactive ketones (excluding diaryl/α,β-unsaturated/α-hetero) is 1. The van der Waals surface area contributed by atoms with Crippen LogP contribution in [0.1, 0.15) is 29.8 Å². The fraction of sp³-hybridized carbons (Fsp3) is 0.292. The summed E-state index contributed by atoms with van der Waals surface area (Å²) in [5.41, 5.74) is 2.56. The van der Waals surface area contributed by atoms with Gasteiger partial charge in [-0.3, -0.25) is 14.9 Å². The molecular formula is C24H23Cl3N4O3. The van der Waals surface area contributed by atoms with E-state index in [1.165, 1.54) is 0 Å². The van der Waals surface area contributed by atoms with Gasteiger partial charge in [-0.25, -0.2) is 0 Å². The predicted octanol–water partition coefficient (Wildman–Crippen LogP) is 5.36. The van der Waals surface area contributed by atoms with Gasteiger partial charge in [0.25, 0.3) is 0 Å². The Morgan fingerprint density at radius 2 is 2.12 bits per heavy atom. The van der Waals surface area contributed by atoms with E-state index >= 15 is 0 Å². The highest BCUT2D eigenvalue weighted by Gasteiger charge is 2.30. The summed E-state index contributed by atoms with van der Waals surface area (Å²) in [4.78, 5) is 18.1. The fourth-order valence-electron chi connectivity index (χ4n) is 4.28. The van der Waals surface area contributed by atoms with Crippen molar-refractivity contribution in [2.24, 2.45) is 5.92 Å². The summed E-state index contributed by atoms with van der Waals surface area (Å²) in [6, 6.07) is 7.32. The van der Waals surface area contributed by atoms with Crippen LogP contribution in [-0.2, 0) is 13.0 Å². The van der Waals surface area contributed by atoms with Crippen LogP contribution in [0, 0.1) is 5.92 Å². The summed E-state index contributed by atoms with van der Waals surface area (Å²) in [6.07, 6.45) is 5.69. The number of nitrogens with zero attached hydrogens (tertiary/aromatic N) is 3. The largest absolute Gasteiger partial charge is 0.493 e. The zero-order valence-corrected chi connectivity index (χ0v) is 20.8. The summed E-state index contributed by atoms with van der Waals surface area (Å²) in [5, 5.41) is 18.8. The minimum Gasteiger partial charge on any atom is -0.493 e.